The summed E-state index contributed by atoms with van der Waals surface area (Å²) >= 11 is 6.11. The van der Waals surface area contributed by atoms with Crippen molar-refractivity contribution in [2.24, 2.45) is 5.73 Å². The second-order valence-electron chi connectivity index (χ2n) is 6.03. The summed E-state index contributed by atoms with van der Waals surface area (Å²) in [4.78, 5) is 0. The number of hydrogen-bond donors (Lipinski definition) is 2. The Morgan fingerprint density at radius 3 is 2.29 bits per heavy atom. The number of benzene rings is 3. The summed E-state index contributed by atoms with van der Waals surface area (Å²) in [5, 5.41) is 8.34. The maximum absolute atomic E-state index is 7.63. The van der Waals surface area contributed by atoms with Crippen LogP contribution in [-0.4, -0.2) is 6.21 Å². The van der Waals surface area contributed by atoms with Gasteiger partial charge in [-0.15, -0.1) is 0 Å². The highest BCUT2D eigenvalue weighted by Gasteiger charge is 2.26. The third-order valence-electron chi connectivity index (χ3n) is 4.30. The first-order chi connectivity index (χ1) is 11.5. The molecule has 1 atom stereocenters. The van der Waals surface area contributed by atoms with Crippen molar-refractivity contribution in [2.45, 2.75) is 12.5 Å². The highest BCUT2D eigenvalue weighted by molar-refractivity contribution is 6.30. The first kappa shape index (κ1) is 16.4. The smallest absolute Gasteiger partial charge is 0.0643 e. The molecule has 0 saturated carbocycles. The predicted octanol–water partition coefficient (Wildman–Crippen LogP) is 5.23. The monoisotopic (exact) mass is 334 g/mol. The standard InChI is InChI=1S/C21H19ClN2/c1-21(24,20-11-3-2-6-17(20)14-23)18-9-4-7-15(12-18)16-8-5-10-19(22)13-16/h2-14,23H,24H2,1H3. The van der Waals surface area contributed by atoms with Crippen LogP contribution in [0, 0.1) is 5.41 Å². The van der Waals surface area contributed by atoms with Crippen molar-refractivity contribution in [3.05, 3.63) is 94.5 Å². The Bertz CT molecular complexity index is 884. The second-order valence-corrected chi connectivity index (χ2v) is 6.46. The van der Waals surface area contributed by atoms with Crippen LogP contribution in [0.3, 0.4) is 0 Å². The molecule has 0 aliphatic rings. The molecule has 0 aliphatic carbocycles. The fraction of sp³-hybridized carbons (Fsp3) is 0.0952. The van der Waals surface area contributed by atoms with Gasteiger partial charge in [0.15, 0.2) is 0 Å². The molecule has 24 heavy (non-hydrogen) atoms. The van der Waals surface area contributed by atoms with Gasteiger partial charge in [0, 0.05) is 11.2 Å². The lowest BCUT2D eigenvalue weighted by Gasteiger charge is -2.28. The number of hydrogen-bond acceptors (Lipinski definition) is 2. The SMILES string of the molecule is CC(N)(c1cccc(-c2cccc(Cl)c2)c1)c1ccccc1C=N. The van der Waals surface area contributed by atoms with Crippen molar-refractivity contribution in [3.63, 3.8) is 0 Å². The van der Waals surface area contributed by atoms with Crippen LogP contribution in [0.15, 0.2) is 72.8 Å². The Kier molecular flexibility index (Phi) is 4.52. The van der Waals surface area contributed by atoms with Gasteiger partial charge in [-0.25, -0.2) is 0 Å². The first-order valence-electron chi connectivity index (χ1n) is 7.78. The van der Waals surface area contributed by atoms with Crippen LogP contribution in [0.1, 0.15) is 23.6 Å². The van der Waals surface area contributed by atoms with E-state index in [9.17, 15) is 0 Å². The van der Waals surface area contributed by atoms with E-state index in [1.165, 1.54) is 6.21 Å². The summed E-state index contributed by atoms with van der Waals surface area (Å²) in [6.07, 6.45) is 1.35. The van der Waals surface area contributed by atoms with E-state index in [0.29, 0.717) is 5.02 Å². The molecule has 3 aromatic rings. The molecule has 0 bridgehead atoms. The minimum Gasteiger partial charge on any atom is -0.318 e. The average Bonchev–Trinajstić information content (AvgIpc) is 2.62. The fourth-order valence-electron chi connectivity index (χ4n) is 2.94. The number of rotatable bonds is 4. The van der Waals surface area contributed by atoms with E-state index in [1.807, 2.05) is 73.7 Å². The number of halogens is 1. The Hall–Kier alpha value is -2.42. The van der Waals surface area contributed by atoms with Crippen LogP contribution in [0.2, 0.25) is 5.02 Å². The van der Waals surface area contributed by atoms with Crippen LogP contribution < -0.4 is 5.73 Å². The van der Waals surface area contributed by atoms with Crippen molar-refractivity contribution in [1.82, 2.24) is 0 Å². The maximum atomic E-state index is 7.63. The van der Waals surface area contributed by atoms with Gasteiger partial charge in [0.25, 0.3) is 0 Å². The normalized spacial score (nSPS) is 13.3. The molecule has 0 fully saturated rings. The number of nitrogens with one attached hydrogen (secondary N) is 1. The summed E-state index contributed by atoms with van der Waals surface area (Å²) < 4.78 is 0. The van der Waals surface area contributed by atoms with Crippen LogP contribution in [0.25, 0.3) is 11.1 Å². The molecule has 0 aliphatic heterocycles. The van der Waals surface area contributed by atoms with Crippen LogP contribution >= 0.6 is 11.6 Å². The average molecular weight is 335 g/mol. The quantitative estimate of drug-likeness (QED) is 0.631. The van der Waals surface area contributed by atoms with Gasteiger partial charge in [-0.05, 0) is 52.9 Å². The highest BCUT2D eigenvalue weighted by atomic mass is 35.5. The third-order valence-corrected chi connectivity index (χ3v) is 4.53. The number of nitrogens with two attached hydrogens (primary N) is 1. The Morgan fingerprint density at radius 1 is 0.917 bits per heavy atom. The van der Waals surface area contributed by atoms with Gasteiger partial charge >= 0.3 is 0 Å². The molecule has 0 radical (unpaired) electrons. The molecule has 1 unspecified atom stereocenters. The largest absolute Gasteiger partial charge is 0.318 e. The van der Waals surface area contributed by atoms with Crippen molar-refractivity contribution in [1.29, 1.82) is 5.41 Å². The highest BCUT2D eigenvalue weighted by Crippen LogP contribution is 2.32. The Morgan fingerprint density at radius 2 is 1.58 bits per heavy atom. The van der Waals surface area contributed by atoms with E-state index >= 15 is 0 Å². The summed E-state index contributed by atoms with van der Waals surface area (Å²) in [5.41, 5.74) is 10.9. The minimum atomic E-state index is -0.692. The van der Waals surface area contributed by atoms with Gasteiger partial charge in [0.1, 0.15) is 0 Å². The van der Waals surface area contributed by atoms with E-state index in [4.69, 9.17) is 22.7 Å². The minimum absolute atomic E-state index is 0.692. The summed E-state index contributed by atoms with van der Waals surface area (Å²) in [5.74, 6) is 0. The molecule has 3 aromatic carbocycles. The molecular formula is C21H19ClN2. The van der Waals surface area contributed by atoms with E-state index in [2.05, 4.69) is 6.07 Å². The van der Waals surface area contributed by atoms with Crippen LogP contribution in [0.4, 0.5) is 0 Å². The summed E-state index contributed by atoms with van der Waals surface area (Å²) in [6.45, 7) is 1.98. The van der Waals surface area contributed by atoms with Crippen molar-refractivity contribution in [3.8, 4) is 11.1 Å². The van der Waals surface area contributed by atoms with E-state index in [1.54, 1.807) is 0 Å². The van der Waals surface area contributed by atoms with Gasteiger partial charge in [0.05, 0.1) is 5.54 Å². The molecule has 3 heteroatoms. The topological polar surface area (TPSA) is 49.9 Å². The molecule has 0 amide bonds. The van der Waals surface area contributed by atoms with E-state index < -0.39 is 5.54 Å². The molecular weight excluding hydrogens is 316 g/mol. The molecule has 0 heterocycles. The molecule has 2 nitrogen and oxygen atoms in total. The molecule has 3 N–H and O–H groups in total. The molecule has 120 valence electrons. The van der Waals surface area contributed by atoms with Gasteiger partial charge in [-0.2, -0.15) is 0 Å². The van der Waals surface area contributed by atoms with Gasteiger partial charge in [0.2, 0.25) is 0 Å². The zero-order chi connectivity index (χ0) is 17.2. The zero-order valence-corrected chi connectivity index (χ0v) is 14.2. The molecule has 3 rings (SSSR count). The van der Waals surface area contributed by atoms with Crippen molar-refractivity contribution >= 4 is 17.8 Å². The van der Waals surface area contributed by atoms with E-state index in [0.717, 1.165) is 27.8 Å². The first-order valence-corrected chi connectivity index (χ1v) is 8.15. The molecule has 0 saturated heterocycles. The third kappa shape index (κ3) is 3.12. The lowest BCUT2D eigenvalue weighted by Crippen LogP contribution is -2.35. The molecule has 0 spiro atoms. The predicted molar refractivity (Wildman–Crippen MR) is 102 cm³/mol. The second kappa shape index (κ2) is 6.60. The van der Waals surface area contributed by atoms with E-state index in [-0.39, 0.29) is 0 Å². The van der Waals surface area contributed by atoms with Gasteiger partial charge in [-0.1, -0.05) is 66.2 Å². The van der Waals surface area contributed by atoms with Gasteiger partial charge < -0.3 is 11.1 Å². The Labute approximate surface area is 147 Å². The summed E-state index contributed by atoms with van der Waals surface area (Å²) in [6, 6.07) is 23.7. The van der Waals surface area contributed by atoms with Crippen molar-refractivity contribution < 1.29 is 0 Å². The van der Waals surface area contributed by atoms with Crippen molar-refractivity contribution in [2.75, 3.05) is 0 Å². The zero-order valence-electron chi connectivity index (χ0n) is 13.5. The van der Waals surface area contributed by atoms with Gasteiger partial charge in [-0.3, -0.25) is 0 Å². The fourth-order valence-corrected chi connectivity index (χ4v) is 3.13. The summed E-state index contributed by atoms with van der Waals surface area (Å²) in [7, 11) is 0. The Balaban J connectivity index is 2.09. The van der Waals surface area contributed by atoms with Crippen LogP contribution in [0.5, 0.6) is 0 Å². The lowest BCUT2D eigenvalue weighted by molar-refractivity contribution is 0.602. The molecule has 0 aromatic heterocycles. The maximum Gasteiger partial charge on any atom is 0.0643 e. The lowest BCUT2D eigenvalue weighted by atomic mass is 9.82. The van der Waals surface area contributed by atoms with Crippen LogP contribution in [-0.2, 0) is 5.54 Å².